The van der Waals surface area contributed by atoms with E-state index in [1.165, 1.54) is 0 Å². The Labute approximate surface area is 238 Å². The summed E-state index contributed by atoms with van der Waals surface area (Å²) in [5, 5.41) is 7.95. The average molecular weight is 546 g/mol. The van der Waals surface area contributed by atoms with Gasteiger partial charge in [-0.3, -0.25) is 0 Å². The number of rotatable bonds is 5. The van der Waals surface area contributed by atoms with Crippen LogP contribution in [0.15, 0.2) is 97.2 Å². The third-order valence-electron chi connectivity index (χ3n) is 7.37. The molecule has 2 amide bonds. The van der Waals surface area contributed by atoms with E-state index in [9.17, 15) is 9.59 Å². The minimum atomic E-state index is -0.428. The number of aryl methyl sites for hydroxylation is 2. The fourth-order valence-corrected chi connectivity index (χ4v) is 5.38. The summed E-state index contributed by atoms with van der Waals surface area (Å²) in [5.74, 6) is 0.479. The van der Waals surface area contributed by atoms with Gasteiger partial charge in [0.05, 0.1) is 41.8 Å². The number of para-hydroxylation sites is 1. The lowest BCUT2D eigenvalue weighted by Gasteiger charge is -2.31. The summed E-state index contributed by atoms with van der Waals surface area (Å²) in [6.45, 7) is 6.40. The van der Waals surface area contributed by atoms with Crippen molar-refractivity contribution in [3.8, 4) is 11.5 Å². The Hall–Kier alpha value is -5.11. The van der Waals surface area contributed by atoms with Crippen LogP contribution in [0.25, 0.3) is 11.5 Å². The maximum Gasteiger partial charge on any atom is 0.338 e. The number of anilines is 1. The van der Waals surface area contributed by atoms with Gasteiger partial charge in [0.2, 0.25) is 0 Å². The molecule has 1 aliphatic rings. The van der Waals surface area contributed by atoms with Crippen molar-refractivity contribution in [2.24, 2.45) is 0 Å². The van der Waals surface area contributed by atoms with E-state index in [2.05, 4.69) is 40.2 Å². The normalized spacial score (nSPS) is 14.1. The highest BCUT2D eigenvalue weighted by Gasteiger charge is 2.36. The zero-order chi connectivity index (χ0) is 28.5. The third-order valence-corrected chi connectivity index (χ3v) is 7.37. The van der Waals surface area contributed by atoms with E-state index in [1.54, 1.807) is 31.2 Å². The van der Waals surface area contributed by atoms with Gasteiger partial charge in [0, 0.05) is 17.4 Å². The maximum absolute atomic E-state index is 14.2. The number of urea groups is 1. The molecule has 1 unspecified atom stereocenters. The number of carbonyl (C=O) groups excluding carboxylic acids is 2. The van der Waals surface area contributed by atoms with E-state index in [0.717, 1.165) is 39.6 Å². The Kier molecular flexibility index (Phi) is 6.89. The number of esters is 1. The molecule has 6 rings (SSSR count). The van der Waals surface area contributed by atoms with Gasteiger partial charge in [-0.25, -0.2) is 14.3 Å². The number of nitrogens with zero attached hydrogens (tertiary/aromatic N) is 4. The second-order valence-corrected chi connectivity index (χ2v) is 10.1. The van der Waals surface area contributed by atoms with Crippen LogP contribution < -0.4 is 5.32 Å². The fraction of sp³-hybridized carbons (Fsp3) is 0.182. The third kappa shape index (κ3) is 4.89. The Morgan fingerprint density at radius 3 is 2.49 bits per heavy atom. The SMILES string of the molecule is CCOC(=O)c1cccc(NC(=O)N2Cc3c(C)nn(-c4ccccc4)c3-n3cccc3C2c2ccc(C)cc2)c1. The molecule has 0 bridgehead atoms. The molecular weight excluding hydrogens is 514 g/mol. The molecule has 0 saturated heterocycles. The molecule has 206 valence electrons. The van der Waals surface area contributed by atoms with Gasteiger partial charge in [0.1, 0.15) is 5.82 Å². The first kappa shape index (κ1) is 26.1. The largest absolute Gasteiger partial charge is 0.462 e. The minimum Gasteiger partial charge on any atom is -0.462 e. The highest BCUT2D eigenvalue weighted by atomic mass is 16.5. The van der Waals surface area contributed by atoms with Gasteiger partial charge in [0.25, 0.3) is 0 Å². The summed E-state index contributed by atoms with van der Waals surface area (Å²) in [4.78, 5) is 28.3. The summed E-state index contributed by atoms with van der Waals surface area (Å²) < 4.78 is 9.24. The van der Waals surface area contributed by atoms with Gasteiger partial charge in [-0.05, 0) is 68.8 Å². The number of benzene rings is 3. The summed E-state index contributed by atoms with van der Waals surface area (Å²) in [5.41, 5.74) is 6.71. The molecule has 0 radical (unpaired) electrons. The molecule has 8 heteroatoms. The number of amides is 2. The minimum absolute atomic E-state index is 0.277. The topological polar surface area (TPSA) is 81.4 Å². The van der Waals surface area contributed by atoms with E-state index in [4.69, 9.17) is 9.84 Å². The van der Waals surface area contributed by atoms with Gasteiger partial charge in [-0.15, -0.1) is 0 Å². The highest BCUT2D eigenvalue weighted by molar-refractivity contribution is 5.94. The molecule has 0 aliphatic carbocycles. The molecule has 1 aliphatic heterocycles. The van der Waals surface area contributed by atoms with Crippen molar-refractivity contribution in [2.45, 2.75) is 33.4 Å². The lowest BCUT2D eigenvalue weighted by molar-refractivity contribution is 0.0526. The quantitative estimate of drug-likeness (QED) is 0.253. The first-order valence-electron chi connectivity index (χ1n) is 13.7. The van der Waals surface area contributed by atoms with Crippen LogP contribution in [0.2, 0.25) is 0 Å². The van der Waals surface area contributed by atoms with Gasteiger partial charge in [-0.1, -0.05) is 54.1 Å². The molecule has 3 heterocycles. The highest BCUT2D eigenvalue weighted by Crippen LogP contribution is 2.38. The van der Waals surface area contributed by atoms with Crippen molar-refractivity contribution in [3.05, 3.63) is 131 Å². The van der Waals surface area contributed by atoms with Gasteiger partial charge in [-0.2, -0.15) is 5.10 Å². The van der Waals surface area contributed by atoms with Gasteiger partial charge in [0.15, 0.2) is 0 Å². The number of hydrogen-bond donors (Lipinski definition) is 1. The summed E-state index contributed by atoms with van der Waals surface area (Å²) in [6.07, 6.45) is 2.03. The molecule has 5 aromatic rings. The number of carbonyl (C=O) groups is 2. The molecule has 0 saturated carbocycles. The lowest BCUT2D eigenvalue weighted by atomic mass is 10.0. The Morgan fingerprint density at radius 1 is 0.951 bits per heavy atom. The smallest absolute Gasteiger partial charge is 0.338 e. The predicted octanol–water partition coefficient (Wildman–Crippen LogP) is 6.59. The number of aromatic nitrogens is 3. The molecule has 1 N–H and O–H groups in total. The van der Waals surface area contributed by atoms with Crippen LogP contribution in [0.3, 0.4) is 0 Å². The van der Waals surface area contributed by atoms with Crippen molar-refractivity contribution >= 4 is 17.7 Å². The molecule has 41 heavy (non-hydrogen) atoms. The van der Waals surface area contributed by atoms with Crippen LogP contribution in [0.4, 0.5) is 10.5 Å². The molecule has 3 aromatic carbocycles. The van der Waals surface area contributed by atoms with Crippen LogP contribution in [0, 0.1) is 13.8 Å². The van der Waals surface area contributed by atoms with Crippen molar-refractivity contribution in [1.29, 1.82) is 0 Å². The number of ether oxygens (including phenoxy) is 1. The molecule has 8 nitrogen and oxygen atoms in total. The van der Waals surface area contributed by atoms with E-state index in [1.807, 2.05) is 66.0 Å². The maximum atomic E-state index is 14.2. The first-order chi connectivity index (χ1) is 19.9. The Balaban J connectivity index is 1.47. The zero-order valence-corrected chi connectivity index (χ0v) is 23.2. The van der Waals surface area contributed by atoms with Crippen molar-refractivity contribution in [1.82, 2.24) is 19.2 Å². The van der Waals surface area contributed by atoms with Gasteiger partial charge >= 0.3 is 12.0 Å². The van der Waals surface area contributed by atoms with E-state index in [0.29, 0.717) is 17.8 Å². The number of fused-ring (bicyclic) bond motifs is 3. The van der Waals surface area contributed by atoms with Crippen LogP contribution in [-0.2, 0) is 11.3 Å². The van der Waals surface area contributed by atoms with E-state index in [-0.39, 0.29) is 18.7 Å². The summed E-state index contributed by atoms with van der Waals surface area (Å²) >= 11 is 0. The Bertz CT molecular complexity index is 1720. The molecule has 0 fully saturated rings. The fourth-order valence-electron chi connectivity index (χ4n) is 5.38. The number of nitrogens with one attached hydrogen (secondary N) is 1. The van der Waals surface area contributed by atoms with Crippen molar-refractivity contribution < 1.29 is 14.3 Å². The monoisotopic (exact) mass is 545 g/mol. The van der Waals surface area contributed by atoms with Crippen molar-refractivity contribution in [2.75, 3.05) is 11.9 Å². The van der Waals surface area contributed by atoms with Crippen LogP contribution >= 0.6 is 0 Å². The summed E-state index contributed by atoms with van der Waals surface area (Å²) in [7, 11) is 0. The van der Waals surface area contributed by atoms with Crippen LogP contribution in [-0.4, -0.2) is 37.9 Å². The second-order valence-electron chi connectivity index (χ2n) is 10.1. The van der Waals surface area contributed by atoms with E-state index < -0.39 is 5.97 Å². The van der Waals surface area contributed by atoms with Crippen LogP contribution in [0.5, 0.6) is 0 Å². The zero-order valence-electron chi connectivity index (χ0n) is 23.2. The average Bonchev–Trinajstić information content (AvgIpc) is 3.55. The van der Waals surface area contributed by atoms with Crippen LogP contribution in [0.1, 0.15) is 51.4 Å². The molecule has 2 aromatic heterocycles. The standard InChI is InChI=1S/C33H31N5O3/c1-4-41-32(39)25-10-8-11-26(20-25)34-33(40)37-21-28-23(3)35-38(27-12-6-5-7-13-27)31(28)36-19-9-14-29(36)30(37)24-17-15-22(2)16-18-24/h5-20,30H,4,21H2,1-3H3,(H,34,40). The number of hydrogen-bond acceptors (Lipinski definition) is 4. The second kappa shape index (κ2) is 10.8. The molecule has 0 spiro atoms. The van der Waals surface area contributed by atoms with Gasteiger partial charge < -0.3 is 19.5 Å². The lowest BCUT2D eigenvalue weighted by Crippen LogP contribution is -2.38. The summed E-state index contributed by atoms with van der Waals surface area (Å²) in [6, 6.07) is 28.5. The van der Waals surface area contributed by atoms with E-state index >= 15 is 0 Å². The van der Waals surface area contributed by atoms with Crippen molar-refractivity contribution in [3.63, 3.8) is 0 Å². The molecule has 1 atom stereocenters. The predicted molar refractivity (Wildman–Crippen MR) is 158 cm³/mol. The Morgan fingerprint density at radius 2 is 1.73 bits per heavy atom. The first-order valence-corrected chi connectivity index (χ1v) is 13.7. The molecular formula is C33H31N5O3.